The van der Waals surface area contributed by atoms with Gasteiger partial charge in [0.2, 0.25) is 0 Å². The van der Waals surface area contributed by atoms with Gasteiger partial charge in [-0.2, -0.15) is 10.2 Å². The number of hydrogen-bond donors (Lipinski definition) is 0. The zero-order valence-corrected chi connectivity index (χ0v) is 16.5. The highest BCUT2D eigenvalue weighted by Gasteiger charge is 2.16. The second-order valence-electron chi connectivity index (χ2n) is 7.14. The smallest absolute Gasteiger partial charge is 0.0970 e. The average Bonchev–Trinajstić information content (AvgIpc) is 3.08. The van der Waals surface area contributed by atoms with Crippen molar-refractivity contribution in [1.82, 2.24) is 24.5 Å². The summed E-state index contributed by atoms with van der Waals surface area (Å²) in [5.41, 5.74) is 7.15. The number of aromatic nitrogens is 4. The summed E-state index contributed by atoms with van der Waals surface area (Å²) in [4.78, 5) is 2.38. The summed E-state index contributed by atoms with van der Waals surface area (Å²) >= 11 is 0. The van der Waals surface area contributed by atoms with Gasteiger partial charge in [0.25, 0.3) is 0 Å². The molecule has 0 aliphatic rings. The first-order valence-electron chi connectivity index (χ1n) is 9.23. The van der Waals surface area contributed by atoms with Crippen LogP contribution in [-0.4, -0.2) is 38.1 Å². The van der Waals surface area contributed by atoms with Crippen molar-refractivity contribution in [2.24, 2.45) is 7.05 Å². The molecule has 3 rings (SSSR count). The summed E-state index contributed by atoms with van der Waals surface area (Å²) in [7, 11) is 4.20. The van der Waals surface area contributed by atoms with Crippen molar-refractivity contribution in [2.45, 2.75) is 40.3 Å². The quantitative estimate of drug-likeness (QED) is 0.651. The van der Waals surface area contributed by atoms with Crippen LogP contribution in [0.15, 0.2) is 36.4 Å². The summed E-state index contributed by atoms with van der Waals surface area (Å²) in [6.45, 7) is 9.21. The Kier molecular flexibility index (Phi) is 5.57. The van der Waals surface area contributed by atoms with Crippen molar-refractivity contribution >= 4 is 0 Å². The lowest BCUT2D eigenvalue weighted by molar-refractivity contribution is 0.310. The van der Waals surface area contributed by atoms with Crippen molar-refractivity contribution in [2.75, 3.05) is 13.6 Å². The van der Waals surface area contributed by atoms with E-state index in [1.165, 1.54) is 22.5 Å². The van der Waals surface area contributed by atoms with Gasteiger partial charge in [-0.3, -0.25) is 9.36 Å². The lowest BCUT2D eigenvalue weighted by Gasteiger charge is -2.17. The number of hydrogen-bond acceptors (Lipinski definition) is 3. The highest BCUT2D eigenvalue weighted by molar-refractivity contribution is 5.63. The summed E-state index contributed by atoms with van der Waals surface area (Å²) in [5.74, 6) is 0. The lowest BCUT2D eigenvalue weighted by Crippen LogP contribution is -2.21. The van der Waals surface area contributed by atoms with Crippen LogP contribution in [0.3, 0.4) is 0 Å². The van der Waals surface area contributed by atoms with E-state index >= 15 is 0 Å². The van der Waals surface area contributed by atoms with Gasteiger partial charge in [0.05, 0.1) is 11.4 Å². The van der Waals surface area contributed by atoms with E-state index in [-0.39, 0.29) is 0 Å². The molecule has 5 heteroatoms. The molecule has 0 saturated carbocycles. The Balaban J connectivity index is 1.66. The van der Waals surface area contributed by atoms with E-state index in [1.54, 1.807) is 0 Å². The summed E-state index contributed by atoms with van der Waals surface area (Å²) in [6, 6.07) is 12.6. The molecule has 138 valence electrons. The standard InChI is InChI=1S/C21H29N5/c1-16-14-17(2)26(22-16)13-9-12-24(4)15-20-18(3)25(5)23-21(20)19-10-7-6-8-11-19/h6-8,10-11,14H,9,12-13,15H2,1-5H3. The van der Waals surface area contributed by atoms with E-state index in [1.807, 2.05) is 24.7 Å². The molecule has 0 fully saturated rings. The number of aryl methyl sites for hydroxylation is 4. The highest BCUT2D eigenvalue weighted by atomic mass is 15.3. The van der Waals surface area contributed by atoms with Crippen LogP contribution in [0.2, 0.25) is 0 Å². The van der Waals surface area contributed by atoms with Gasteiger partial charge >= 0.3 is 0 Å². The number of benzene rings is 1. The molecule has 0 saturated heterocycles. The minimum Gasteiger partial charge on any atom is -0.302 e. The Bertz CT molecular complexity index is 860. The van der Waals surface area contributed by atoms with E-state index in [0.29, 0.717) is 0 Å². The topological polar surface area (TPSA) is 38.9 Å². The predicted molar refractivity (Wildman–Crippen MR) is 106 cm³/mol. The fraction of sp³-hybridized carbons (Fsp3) is 0.429. The minimum absolute atomic E-state index is 0.904. The molecule has 0 aliphatic heterocycles. The van der Waals surface area contributed by atoms with Crippen molar-refractivity contribution < 1.29 is 0 Å². The van der Waals surface area contributed by atoms with E-state index < -0.39 is 0 Å². The molecular formula is C21H29N5. The first-order chi connectivity index (χ1) is 12.5. The summed E-state index contributed by atoms with van der Waals surface area (Å²) in [5, 5.41) is 9.30. The maximum absolute atomic E-state index is 4.75. The zero-order chi connectivity index (χ0) is 18.7. The molecule has 3 aromatic rings. The Morgan fingerprint density at radius 2 is 1.77 bits per heavy atom. The molecule has 0 unspecified atom stereocenters. The third-order valence-electron chi connectivity index (χ3n) is 4.95. The predicted octanol–water partition coefficient (Wildman–Crippen LogP) is 3.73. The Labute approximate surface area is 156 Å². The third-order valence-corrected chi connectivity index (χ3v) is 4.95. The van der Waals surface area contributed by atoms with Crippen LogP contribution in [0.1, 0.15) is 29.1 Å². The fourth-order valence-electron chi connectivity index (χ4n) is 3.41. The van der Waals surface area contributed by atoms with Crippen LogP contribution < -0.4 is 0 Å². The Morgan fingerprint density at radius 1 is 1.04 bits per heavy atom. The van der Waals surface area contributed by atoms with Crippen molar-refractivity contribution in [3.05, 3.63) is 59.0 Å². The molecule has 0 atom stereocenters. The lowest BCUT2D eigenvalue weighted by atomic mass is 10.1. The van der Waals surface area contributed by atoms with E-state index in [9.17, 15) is 0 Å². The molecule has 1 aromatic carbocycles. The highest BCUT2D eigenvalue weighted by Crippen LogP contribution is 2.25. The van der Waals surface area contributed by atoms with E-state index in [2.05, 4.69) is 65.9 Å². The molecule has 26 heavy (non-hydrogen) atoms. The van der Waals surface area contributed by atoms with Gasteiger partial charge in [-0.05, 0) is 46.9 Å². The molecular weight excluding hydrogens is 322 g/mol. The van der Waals surface area contributed by atoms with Gasteiger partial charge in [0.1, 0.15) is 0 Å². The van der Waals surface area contributed by atoms with Gasteiger partial charge in [-0.1, -0.05) is 30.3 Å². The van der Waals surface area contributed by atoms with Crippen molar-refractivity contribution in [3.8, 4) is 11.3 Å². The molecule has 0 spiro atoms. The first-order valence-corrected chi connectivity index (χ1v) is 9.23. The van der Waals surface area contributed by atoms with E-state index in [4.69, 9.17) is 5.10 Å². The van der Waals surface area contributed by atoms with E-state index in [0.717, 1.165) is 37.4 Å². The van der Waals surface area contributed by atoms with Crippen LogP contribution in [0.4, 0.5) is 0 Å². The maximum atomic E-state index is 4.75. The van der Waals surface area contributed by atoms with Crippen LogP contribution in [0.5, 0.6) is 0 Å². The molecule has 2 heterocycles. The molecule has 0 bridgehead atoms. The monoisotopic (exact) mass is 351 g/mol. The van der Waals surface area contributed by atoms with Crippen molar-refractivity contribution in [1.29, 1.82) is 0 Å². The van der Waals surface area contributed by atoms with Crippen LogP contribution in [0.25, 0.3) is 11.3 Å². The third kappa shape index (κ3) is 4.05. The van der Waals surface area contributed by atoms with Gasteiger partial charge in [0, 0.05) is 42.7 Å². The minimum atomic E-state index is 0.904. The molecule has 0 aliphatic carbocycles. The van der Waals surface area contributed by atoms with Gasteiger partial charge < -0.3 is 4.90 Å². The summed E-state index contributed by atoms with van der Waals surface area (Å²) in [6.07, 6.45) is 1.08. The Hall–Kier alpha value is -2.40. The summed E-state index contributed by atoms with van der Waals surface area (Å²) < 4.78 is 4.09. The van der Waals surface area contributed by atoms with Crippen LogP contribution in [0, 0.1) is 20.8 Å². The average molecular weight is 351 g/mol. The van der Waals surface area contributed by atoms with Crippen LogP contribution >= 0.6 is 0 Å². The molecule has 5 nitrogen and oxygen atoms in total. The van der Waals surface area contributed by atoms with Gasteiger partial charge in [-0.15, -0.1) is 0 Å². The van der Waals surface area contributed by atoms with Crippen LogP contribution in [-0.2, 0) is 20.1 Å². The number of rotatable bonds is 7. The second kappa shape index (κ2) is 7.87. The molecule has 0 amide bonds. The normalized spacial score (nSPS) is 11.5. The SMILES string of the molecule is Cc1cc(C)n(CCCN(C)Cc2c(-c3ccccc3)nn(C)c2C)n1. The second-order valence-corrected chi connectivity index (χ2v) is 7.14. The largest absolute Gasteiger partial charge is 0.302 e. The molecule has 0 radical (unpaired) electrons. The number of nitrogens with zero attached hydrogens (tertiary/aromatic N) is 5. The van der Waals surface area contributed by atoms with Crippen molar-refractivity contribution in [3.63, 3.8) is 0 Å². The first kappa shape index (κ1) is 18.4. The fourth-order valence-corrected chi connectivity index (χ4v) is 3.41. The van der Waals surface area contributed by atoms with Gasteiger partial charge in [-0.25, -0.2) is 0 Å². The van der Waals surface area contributed by atoms with Gasteiger partial charge in [0.15, 0.2) is 0 Å². The maximum Gasteiger partial charge on any atom is 0.0970 e. The molecule has 0 N–H and O–H groups in total. The zero-order valence-electron chi connectivity index (χ0n) is 16.5. The Morgan fingerprint density at radius 3 is 2.42 bits per heavy atom. The molecule has 2 aromatic heterocycles.